The zero-order chi connectivity index (χ0) is 26.7. The Morgan fingerprint density at radius 1 is 0.861 bits per heavy atom. The number of benzene rings is 2. The molecular weight excluding hydrogens is 466 g/mol. The second-order valence-electron chi connectivity index (χ2n) is 11.0. The lowest BCUT2D eigenvalue weighted by Crippen LogP contribution is -2.67. The predicted octanol–water partition coefficient (Wildman–Crippen LogP) is 5.78. The first kappa shape index (κ1) is 29.8. The maximum Gasteiger partial charge on any atom is 0.410 e. The number of allylic oxidation sites excluding steroid dienone is 1. The third kappa shape index (κ3) is 8.61. The van der Waals surface area contributed by atoms with Crippen LogP contribution in [0.15, 0.2) is 73.3 Å². The van der Waals surface area contributed by atoms with Crippen LogP contribution in [-0.4, -0.2) is 57.8 Å². The average molecular weight is 512 g/mol. The predicted molar refractivity (Wildman–Crippen MR) is 152 cm³/mol. The smallest absolute Gasteiger partial charge is 0.410 e. The second-order valence-corrected chi connectivity index (χ2v) is 15.3. The molecule has 0 radical (unpaired) electrons. The molecule has 0 spiro atoms. The molecule has 0 N–H and O–H groups in total. The summed E-state index contributed by atoms with van der Waals surface area (Å²) in [6, 6.07) is 21.1. The number of nitrogens with zero attached hydrogens (tertiary/aromatic N) is 1. The Labute approximate surface area is 219 Å². The fourth-order valence-corrected chi connectivity index (χ4v) is 8.85. The minimum Gasteiger partial charge on any atom is -0.444 e. The van der Waals surface area contributed by atoms with Gasteiger partial charge in [-0.2, -0.15) is 0 Å². The zero-order valence-electron chi connectivity index (χ0n) is 23.1. The monoisotopic (exact) mass is 511 g/mol. The van der Waals surface area contributed by atoms with Gasteiger partial charge in [0.25, 0.3) is 8.32 Å². The first-order valence-corrected chi connectivity index (χ1v) is 14.8. The van der Waals surface area contributed by atoms with Gasteiger partial charge in [0.15, 0.2) is 0 Å². The van der Waals surface area contributed by atoms with Gasteiger partial charge in [0.05, 0.1) is 13.2 Å². The quantitative estimate of drug-likeness (QED) is 0.194. The first-order chi connectivity index (χ1) is 17.0. The van der Waals surface area contributed by atoms with Crippen molar-refractivity contribution < 1.29 is 18.7 Å². The van der Waals surface area contributed by atoms with Crippen LogP contribution in [-0.2, 0) is 13.9 Å². The highest BCUT2D eigenvalue weighted by Gasteiger charge is 2.50. The van der Waals surface area contributed by atoms with Crippen molar-refractivity contribution >= 4 is 24.8 Å². The maximum absolute atomic E-state index is 13.0. The van der Waals surface area contributed by atoms with E-state index in [1.807, 2.05) is 39.0 Å². The van der Waals surface area contributed by atoms with Crippen molar-refractivity contribution in [1.29, 1.82) is 0 Å². The van der Waals surface area contributed by atoms with E-state index in [2.05, 4.69) is 75.9 Å². The summed E-state index contributed by atoms with van der Waals surface area (Å²) in [5.41, 5.74) is -0.570. The fraction of sp³-hybridized carbons (Fsp3) is 0.500. The number of carbonyl (C=O) groups is 1. The number of hydrogen-bond donors (Lipinski definition) is 0. The molecule has 0 bridgehead atoms. The average Bonchev–Trinajstić information content (AvgIpc) is 2.82. The molecule has 6 heteroatoms. The van der Waals surface area contributed by atoms with Crippen LogP contribution in [0.2, 0.25) is 5.04 Å². The number of carbonyl (C=O) groups excluding carboxylic acids is 1. The van der Waals surface area contributed by atoms with Crippen LogP contribution in [0.3, 0.4) is 0 Å². The number of hydrogen-bond acceptors (Lipinski definition) is 4. The van der Waals surface area contributed by atoms with Crippen LogP contribution >= 0.6 is 0 Å². The highest BCUT2D eigenvalue weighted by molar-refractivity contribution is 6.99. The molecule has 198 valence electrons. The van der Waals surface area contributed by atoms with Crippen LogP contribution in [0.5, 0.6) is 0 Å². The molecule has 0 saturated heterocycles. The summed E-state index contributed by atoms with van der Waals surface area (Å²) in [5.74, 6) is 0. The highest BCUT2D eigenvalue weighted by atomic mass is 28.4. The van der Waals surface area contributed by atoms with Crippen molar-refractivity contribution in [3.63, 3.8) is 0 Å². The Balaban J connectivity index is 2.24. The van der Waals surface area contributed by atoms with Crippen LogP contribution in [0.1, 0.15) is 54.4 Å². The first-order valence-electron chi connectivity index (χ1n) is 12.9. The molecule has 0 heterocycles. The molecule has 5 nitrogen and oxygen atoms in total. The lowest BCUT2D eigenvalue weighted by molar-refractivity contribution is 0.0146. The van der Waals surface area contributed by atoms with E-state index in [4.69, 9.17) is 13.9 Å². The summed E-state index contributed by atoms with van der Waals surface area (Å²) in [7, 11) is -2.67. The van der Waals surface area contributed by atoms with Gasteiger partial charge in [0.2, 0.25) is 0 Å². The molecule has 0 aliphatic carbocycles. The number of unbranched alkanes of at least 4 members (excludes halogenated alkanes) is 1. The molecule has 0 saturated carbocycles. The van der Waals surface area contributed by atoms with Gasteiger partial charge < -0.3 is 18.8 Å². The lowest BCUT2D eigenvalue weighted by Gasteiger charge is -2.43. The molecule has 0 fully saturated rings. The van der Waals surface area contributed by atoms with Gasteiger partial charge in [-0.25, -0.2) is 4.79 Å². The topological polar surface area (TPSA) is 48.0 Å². The van der Waals surface area contributed by atoms with E-state index in [0.717, 1.165) is 12.8 Å². The summed E-state index contributed by atoms with van der Waals surface area (Å²) in [4.78, 5) is 14.7. The Kier molecular flexibility index (Phi) is 11.4. The van der Waals surface area contributed by atoms with E-state index in [-0.39, 0.29) is 11.1 Å². The molecule has 0 atom stereocenters. The molecule has 0 aliphatic heterocycles. The minimum absolute atomic E-state index is 0.124. The summed E-state index contributed by atoms with van der Waals surface area (Å²) >= 11 is 0. The summed E-state index contributed by atoms with van der Waals surface area (Å²) < 4.78 is 18.4. The largest absolute Gasteiger partial charge is 0.444 e. The van der Waals surface area contributed by atoms with E-state index >= 15 is 0 Å². The van der Waals surface area contributed by atoms with Gasteiger partial charge in [0, 0.05) is 19.7 Å². The zero-order valence-corrected chi connectivity index (χ0v) is 24.1. The Hall–Kier alpha value is -2.41. The molecular formula is C30H45NO4Si. The summed E-state index contributed by atoms with van der Waals surface area (Å²) in [5, 5.41) is 2.32. The SMILES string of the molecule is C=CCCCOCCN(CCO[Si](c1ccccc1)(c1ccccc1)C(C)(C)C)C(=O)OC(C)(C)C. The van der Waals surface area contributed by atoms with Gasteiger partial charge in [0.1, 0.15) is 5.60 Å². The van der Waals surface area contributed by atoms with Crippen molar-refractivity contribution in [3.8, 4) is 0 Å². The van der Waals surface area contributed by atoms with Gasteiger partial charge >= 0.3 is 6.09 Å². The Bertz CT molecular complexity index is 880. The van der Waals surface area contributed by atoms with Gasteiger partial charge in [-0.05, 0) is 49.0 Å². The number of rotatable bonds is 13. The number of amides is 1. The van der Waals surface area contributed by atoms with Crippen LogP contribution in [0.25, 0.3) is 0 Å². The molecule has 1 amide bonds. The Morgan fingerprint density at radius 3 is 1.86 bits per heavy atom. The Morgan fingerprint density at radius 2 is 1.39 bits per heavy atom. The molecule has 2 aromatic carbocycles. The van der Waals surface area contributed by atoms with Crippen molar-refractivity contribution in [2.75, 3.05) is 32.9 Å². The molecule has 0 unspecified atom stereocenters. The standard InChI is InChI=1S/C30H45NO4Si/c1-8-9-16-23-33-24-21-31(28(32)35-29(2,3)4)22-25-34-36(30(5,6)7,26-17-12-10-13-18-26)27-19-14-11-15-20-27/h8,10-15,17-20H,1,9,16,21-25H2,2-7H3. The molecule has 0 aromatic heterocycles. The third-order valence-electron chi connectivity index (χ3n) is 5.95. The van der Waals surface area contributed by atoms with Crippen molar-refractivity contribution in [1.82, 2.24) is 4.90 Å². The number of ether oxygens (including phenoxy) is 2. The van der Waals surface area contributed by atoms with Crippen LogP contribution in [0, 0.1) is 0 Å². The van der Waals surface area contributed by atoms with E-state index in [9.17, 15) is 4.79 Å². The molecule has 36 heavy (non-hydrogen) atoms. The maximum atomic E-state index is 13.0. The van der Waals surface area contributed by atoms with Gasteiger partial charge in [-0.1, -0.05) is 87.5 Å². The fourth-order valence-electron chi connectivity index (χ4n) is 4.30. The lowest BCUT2D eigenvalue weighted by atomic mass is 10.2. The van der Waals surface area contributed by atoms with Gasteiger partial charge in [-0.3, -0.25) is 0 Å². The van der Waals surface area contributed by atoms with E-state index in [0.29, 0.717) is 32.9 Å². The summed E-state index contributed by atoms with van der Waals surface area (Å²) in [6.07, 6.45) is 3.39. The van der Waals surface area contributed by atoms with E-state index < -0.39 is 13.9 Å². The second kappa shape index (κ2) is 13.8. The highest BCUT2D eigenvalue weighted by Crippen LogP contribution is 2.36. The molecule has 0 aliphatic rings. The van der Waals surface area contributed by atoms with Gasteiger partial charge in [-0.15, -0.1) is 6.58 Å². The van der Waals surface area contributed by atoms with E-state index in [1.165, 1.54) is 10.4 Å². The molecule has 2 aromatic rings. The van der Waals surface area contributed by atoms with E-state index in [1.54, 1.807) is 4.90 Å². The van der Waals surface area contributed by atoms with Crippen molar-refractivity contribution in [2.45, 2.75) is 65.0 Å². The van der Waals surface area contributed by atoms with Crippen LogP contribution < -0.4 is 10.4 Å². The van der Waals surface area contributed by atoms with Crippen LogP contribution in [0.4, 0.5) is 4.79 Å². The van der Waals surface area contributed by atoms with Crippen molar-refractivity contribution in [2.24, 2.45) is 0 Å². The molecule has 2 rings (SSSR count). The van der Waals surface area contributed by atoms with Crippen molar-refractivity contribution in [3.05, 3.63) is 73.3 Å². The summed E-state index contributed by atoms with van der Waals surface area (Å²) in [6.45, 7) is 18.5. The third-order valence-corrected chi connectivity index (χ3v) is 11.0. The normalized spacial score (nSPS) is 12.3. The minimum atomic E-state index is -2.67.